The minimum absolute atomic E-state index is 0.0128. The van der Waals surface area contributed by atoms with Crippen LogP contribution in [0.3, 0.4) is 0 Å². The van der Waals surface area contributed by atoms with Gasteiger partial charge in [0.2, 0.25) is 0 Å². The van der Waals surface area contributed by atoms with Gasteiger partial charge in [-0.25, -0.2) is 0 Å². The number of rotatable bonds is 2. The number of nitro groups is 1. The second-order valence-electron chi connectivity index (χ2n) is 6.60. The molecule has 3 unspecified atom stereocenters. The van der Waals surface area contributed by atoms with Gasteiger partial charge in [0, 0.05) is 23.7 Å². The molecule has 0 saturated carbocycles. The molecular formula is C19H16Cl2N2O2. The molecule has 0 radical (unpaired) electrons. The van der Waals surface area contributed by atoms with Gasteiger partial charge >= 0.3 is 0 Å². The molecule has 1 N–H and O–H groups in total. The highest BCUT2D eigenvalue weighted by atomic mass is 35.5. The topological polar surface area (TPSA) is 55.2 Å². The van der Waals surface area contributed by atoms with E-state index in [0.717, 1.165) is 28.8 Å². The highest BCUT2D eigenvalue weighted by molar-refractivity contribution is 6.42. The molecule has 128 valence electrons. The van der Waals surface area contributed by atoms with Crippen LogP contribution in [0.15, 0.2) is 42.5 Å². The Morgan fingerprint density at radius 1 is 1.24 bits per heavy atom. The fraction of sp³-hybridized carbons (Fsp3) is 0.263. The fourth-order valence-electron chi connectivity index (χ4n) is 4.04. The van der Waals surface area contributed by atoms with Crippen LogP contribution in [0.2, 0.25) is 10.0 Å². The molecular weight excluding hydrogens is 359 g/mol. The number of non-ortho nitro benzene ring substituents is 1. The lowest BCUT2D eigenvalue weighted by Gasteiger charge is -2.38. The van der Waals surface area contributed by atoms with Crippen LogP contribution >= 0.6 is 23.2 Å². The minimum atomic E-state index is -0.332. The molecule has 4 rings (SSSR count). The van der Waals surface area contributed by atoms with Crippen LogP contribution in [-0.4, -0.2) is 4.92 Å². The number of nitro benzene ring substituents is 1. The Kier molecular flexibility index (Phi) is 3.97. The molecule has 6 heteroatoms. The average molecular weight is 375 g/mol. The van der Waals surface area contributed by atoms with Gasteiger partial charge in [-0.05, 0) is 42.0 Å². The molecule has 0 saturated heterocycles. The molecule has 0 spiro atoms. The van der Waals surface area contributed by atoms with Crippen molar-refractivity contribution in [1.29, 1.82) is 0 Å². The van der Waals surface area contributed by atoms with Crippen LogP contribution in [0.1, 0.15) is 35.1 Å². The number of fused-ring (bicyclic) bond motifs is 3. The van der Waals surface area contributed by atoms with E-state index in [1.54, 1.807) is 18.2 Å². The number of halogens is 2. The lowest BCUT2D eigenvalue weighted by molar-refractivity contribution is -0.385. The average Bonchev–Trinajstić information content (AvgIpc) is 3.07. The summed E-state index contributed by atoms with van der Waals surface area (Å²) in [4.78, 5) is 10.9. The maximum Gasteiger partial charge on any atom is 0.270 e. The van der Waals surface area contributed by atoms with Gasteiger partial charge in [-0.15, -0.1) is 0 Å². The first-order chi connectivity index (χ1) is 12.0. The zero-order chi connectivity index (χ0) is 17.7. The van der Waals surface area contributed by atoms with Gasteiger partial charge in [-0.1, -0.05) is 47.5 Å². The van der Waals surface area contributed by atoms with E-state index in [4.69, 9.17) is 23.2 Å². The van der Waals surface area contributed by atoms with E-state index in [1.807, 2.05) is 19.1 Å². The Hall–Kier alpha value is -2.04. The predicted molar refractivity (Wildman–Crippen MR) is 101 cm³/mol. The maximum atomic E-state index is 11.2. The summed E-state index contributed by atoms with van der Waals surface area (Å²) >= 11 is 12.7. The van der Waals surface area contributed by atoms with Crippen molar-refractivity contribution >= 4 is 34.6 Å². The molecule has 4 nitrogen and oxygen atoms in total. The van der Waals surface area contributed by atoms with Crippen molar-refractivity contribution in [2.24, 2.45) is 5.92 Å². The number of nitrogens with zero attached hydrogens (tertiary/aromatic N) is 1. The van der Waals surface area contributed by atoms with Gasteiger partial charge in [0.05, 0.1) is 21.0 Å². The number of allylic oxidation sites excluding steroid dienone is 2. The third kappa shape index (κ3) is 2.60. The lowest BCUT2D eigenvalue weighted by Crippen LogP contribution is -2.30. The lowest BCUT2D eigenvalue weighted by atomic mass is 9.76. The smallest absolute Gasteiger partial charge is 0.270 e. The van der Waals surface area contributed by atoms with Gasteiger partial charge in [0.25, 0.3) is 5.69 Å². The summed E-state index contributed by atoms with van der Waals surface area (Å²) in [5, 5.41) is 15.9. The van der Waals surface area contributed by atoms with Crippen molar-refractivity contribution in [3.8, 4) is 0 Å². The maximum absolute atomic E-state index is 11.2. The molecule has 3 atom stereocenters. The van der Waals surface area contributed by atoms with Crippen LogP contribution in [0.4, 0.5) is 11.4 Å². The Balaban J connectivity index is 1.86. The zero-order valence-corrected chi connectivity index (χ0v) is 15.0. The Morgan fingerprint density at radius 3 is 2.80 bits per heavy atom. The monoisotopic (exact) mass is 374 g/mol. The number of hydrogen-bond acceptors (Lipinski definition) is 3. The summed E-state index contributed by atoms with van der Waals surface area (Å²) in [7, 11) is 0. The number of aryl methyl sites for hydroxylation is 1. The largest absolute Gasteiger partial charge is 0.377 e. The molecule has 1 aliphatic heterocycles. The van der Waals surface area contributed by atoms with E-state index < -0.39 is 0 Å². The van der Waals surface area contributed by atoms with Crippen molar-refractivity contribution < 1.29 is 4.92 Å². The molecule has 1 aliphatic carbocycles. The van der Waals surface area contributed by atoms with Gasteiger partial charge in [-0.2, -0.15) is 0 Å². The van der Waals surface area contributed by atoms with Crippen molar-refractivity contribution in [1.82, 2.24) is 0 Å². The van der Waals surface area contributed by atoms with Crippen molar-refractivity contribution in [2.45, 2.75) is 25.3 Å². The van der Waals surface area contributed by atoms with Gasteiger partial charge in [0.1, 0.15) is 0 Å². The highest BCUT2D eigenvalue weighted by Crippen LogP contribution is 2.52. The van der Waals surface area contributed by atoms with E-state index in [1.165, 1.54) is 0 Å². The number of benzene rings is 2. The van der Waals surface area contributed by atoms with E-state index in [9.17, 15) is 10.1 Å². The van der Waals surface area contributed by atoms with Crippen LogP contribution in [0.25, 0.3) is 0 Å². The van der Waals surface area contributed by atoms with E-state index in [-0.39, 0.29) is 28.5 Å². The van der Waals surface area contributed by atoms with E-state index in [0.29, 0.717) is 10.0 Å². The first kappa shape index (κ1) is 16.4. The van der Waals surface area contributed by atoms with Crippen molar-refractivity contribution in [3.63, 3.8) is 0 Å². The quantitative estimate of drug-likeness (QED) is 0.396. The highest BCUT2D eigenvalue weighted by Gasteiger charge is 2.40. The van der Waals surface area contributed by atoms with E-state index in [2.05, 4.69) is 17.5 Å². The molecule has 0 fully saturated rings. The van der Waals surface area contributed by atoms with Crippen LogP contribution < -0.4 is 5.32 Å². The van der Waals surface area contributed by atoms with Gasteiger partial charge in [-0.3, -0.25) is 10.1 Å². The third-order valence-electron chi connectivity index (χ3n) is 5.18. The molecule has 2 aromatic carbocycles. The van der Waals surface area contributed by atoms with Crippen molar-refractivity contribution in [2.75, 3.05) is 5.32 Å². The first-order valence-corrected chi connectivity index (χ1v) is 8.89. The standard InChI is InChI=1S/C19H16Cl2N2O2/c1-10-8-11(23(24)25)9-15-12-4-2-5-13(12)19(22-18(10)15)14-6-3-7-16(20)17(14)21/h2-4,6-9,12-13,19,22H,5H2,1H3. The van der Waals surface area contributed by atoms with Crippen molar-refractivity contribution in [3.05, 3.63) is 79.3 Å². The third-order valence-corrected chi connectivity index (χ3v) is 6.01. The summed E-state index contributed by atoms with van der Waals surface area (Å²) in [6.45, 7) is 1.90. The van der Waals surface area contributed by atoms with Gasteiger partial charge in [0.15, 0.2) is 0 Å². The number of nitrogens with one attached hydrogen (secondary N) is 1. The first-order valence-electron chi connectivity index (χ1n) is 8.13. The summed E-state index contributed by atoms with van der Waals surface area (Å²) in [5.41, 5.74) is 3.91. The molecule has 2 aliphatic rings. The molecule has 0 amide bonds. The normalized spacial score (nSPS) is 23.7. The van der Waals surface area contributed by atoms with E-state index >= 15 is 0 Å². The van der Waals surface area contributed by atoms with Crippen LogP contribution in [-0.2, 0) is 0 Å². The summed E-state index contributed by atoms with van der Waals surface area (Å²) in [5.74, 6) is 0.389. The summed E-state index contributed by atoms with van der Waals surface area (Å²) in [6, 6.07) is 9.00. The number of anilines is 1. The fourth-order valence-corrected chi connectivity index (χ4v) is 4.47. The second kappa shape index (κ2) is 6.04. The molecule has 0 bridgehead atoms. The van der Waals surface area contributed by atoms with Gasteiger partial charge < -0.3 is 5.32 Å². The second-order valence-corrected chi connectivity index (χ2v) is 7.39. The molecule has 25 heavy (non-hydrogen) atoms. The Labute approximate surface area is 155 Å². The Morgan fingerprint density at radius 2 is 2.04 bits per heavy atom. The zero-order valence-electron chi connectivity index (χ0n) is 13.5. The minimum Gasteiger partial charge on any atom is -0.377 e. The molecule has 0 aromatic heterocycles. The summed E-state index contributed by atoms with van der Waals surface area (Å²) < 4.78 is 0. The number of hydrogen-bond donors (Lipinski definition) is 1. The van der Waals surface area contributed by atoms with Crippen LogP contribution in [0.5, 0.6) is 0 Å². The summed E-state index contributed by atoms with van der Waals surface area (Å²) in [6.07, 6.45) is 5.19. The Bertz CT molecular complexity index is 911. The predicted octanol–water partition coefficient (Wildman–Crippen LogP) is 6.04. The van der Waals surface area contributed by atoms with Crippen LogP contribution in [0, 0.1) is 23.0 Å². The molecule has 1 heterocycles. The SMILES string of the molecule is Cc1cc([N+](=O)[O-])cc2c1NC(c1cccc(Cl)c1Cl)C1CC=CC21. The molecule has 2 aromatic rings.